The highest BCUT2D eigenvalue weighted by atomic mass is 16.5. The number of urea groups is 1. The van der Waals surface area contributed by atoms with Gasteiger partial charge in [-0.25, -0.2) is 4.79 Å². The minimum Gasteiger partial charge on any atom is -0.385 e. The molecule has 0 radical (unpaired) electrons. The van der Waals surface area contributed by atoms with E-state index < -0.39 is 5.54 Å². The van der Waals surface area contributed by atoms with Gasteiger partial charge in [-0.2, -0.15) is 0 Å². The molecular weight excluding hydrogens is 350 g/mol. The minimum absolute atomic E-state index is 0.000898. The molecule has 1 saturated heterocycles. The predicted molar refractivity (Wildman–Crippen MR) is 116 cm³/mol. The molecule has 2 rings (SSSR count). The number of benzene rings is 1. The largest absolute Gasteiger partial charge is 0.385 e. The number of hydrogen-bond acceptors (Lipinski definition) is 3. The number of nitrogens with one attached hydrogen (secondary N) is 1. The van der Waals surface area contributed by atoms with E-state index in [0.29, 0.717) is 12.1 Å². The summed E-state index contributed by atoms with van der Waals surface area (Å²) in [6, 6.07) is 8.92. The number of ether oxygens (including phenoxy) is 1. The average molecular weight is 388 g/mol. The molecule has 156 valence electrons. The zero-order valence-corrected chi connectivity index (χ0v) is 18.4. The van der Waals surface area contributed by atoms with Gasteiger partial charge in [0, 0.05) is 45.4 Å². The molecule has 2 atom stereocenters. The lowest BCUT2D eigenvalue weighted by Gasteiger charge is -2.45. The summed E-state index contributed by atoms with van der Waals surface area (Å²) in [6.45, 7) is 17.8. The van der Waals surface area contributed by atoms with Gasteiger partial charge in [-0.05, 0) is 58.2 Å². The van der Waals surface area contributed by atoms with Crippen molar-refractivity contribution in [2.75, 3.05) is 33.4 Å². The van der Waals surface area contributed by atoms with Crippen LogP contribution in [0.15, 0.2) is 30.8 Å². The van der Waals surface area contributed by atoms with Crippen molar-refractivity contribution in [2.24, 2.45) is 0 Å². The quantitative estimate of drug-likeness (QED) is 0.717. The Hall–Kier alpha value is -1.85. The molecule has 0 bridgehead atoms. The third kappa shape index (κ3) is 5.58. The van der Waals surface area contributed by atoms with Crippen molar-refractivity contribution in [1.29, 1.82) is 0 Å². The topological polar surface area (TPSA) is 44.8 Å². The van der Waals surface area contributed by atoms with Gasteiger partial charge in [0.2, 0.25) is 0 Å². The summed E-state index contributed by atoms with van der Waals surface area (Å²) < 4.78 is 5.18. The Kier molecular flexibility index (Phi) is 7.67. The summed E-state index contributed by atoms with van der Waals surface area (Å²) >= 11 is 0. The maximum atomic E-state index is 13.0. The Labute approximate surface area is 170 Å². The zero-order valence-electron chi connectivity index (χ0n) is 18.4. The van der Waals surface area contributed by atoms with Crippen molar-refractivity contribution in [1.82, 2.24) is 15.1 Å². The lowest BCUT2D eigenvalue weighted by molar-refractivity contribution is 0.0463. The molecule has 1 N–H and O–H groups in total. The van der Waals surface area contributed by atoms with Crippen LogP contribution >= 0.6 is 0 Å². The van der Waals surface area contributed by atoms with Crippen molar-refractivity contribution < 1.29 is 9.53 Å². The molecule has 1 aliphatic rings. The number of amides is 2. The van der Waals surface area contributed by atoms with Gasteiger partial charge in [-0.15, -0.1) is 0 Å². The molecule has 1 aromatic carbocycles. The second-order valence-electron chi connectivity index (χ2n) is 8.60. The number of hydrogen-bond donors (Lipinski definition) is 1. The summed E-state index contributed by atoms with van der Waals surface area (Å²) in [4.78, 5) is 17.5. The van der Waals surface area contributed by atoms with E-state index in [1.807, 2.05) is 17.9 Å². The van der Waals surface area contributed by atoms with Gasteiger partial charge in [0.25, 0.3) is 0 Å². The molecule has 5 heteroatoms. The van der Waals surface area contributed by atoms with Gasteiger partial charge in [0.1, 0.15) is 0 Å². The molecule has 1 aromatic rings. The molecule has 0 spiro atoms. The van der Waals surface area contributed by atoms with E-state index in [1.165, 1.54) is 0 Å². The Bertz CT molecular complexity index is 674. The summed E-state index contributed by atoms with van der Waals surface area (Å²) in [5, 5.41) is 3.24. The fourth-order valence-corrected chi connectivity index (χ4v) is 3.95. The molecule has 5 nitrogen and oxygen atoms in total. The van der Waals surface area contributed by atoms with Crippen molar-refractivity contribution in [3.05, 3.63) is 42.0 Å². The fourth-order valence-electron chi connectivity index (χ4n) is 3.95. The van der Waals surface area contributed by atoms with Crippen LogP contribution in [-0.4, -0.2) is 61.3 Å². The van der Waals surface area contributed by atoms with Crippen LogP contribution in [0, 0.1) is 0 Å². The molecule has 0 aromatic heterocycles. The molecule has 1 heterocycles. The number of carbonyl (C=O) groups excluding carboxylic acids is 1. The average Bonchev–Trinajstić information content (AvgIpc) is 2.63. The summed E-state index contributed by atoms with van der Waals surface area (Å²) in [7, 11) is 1.74. The van der Waals surface area contributed by atoms with Crippen molar-refractivity contribution in [3.8, 4) is 0 Å². The highest BCUT2D eigenvalue weighted by Crippen LogP contribution is 2.24. The number of nitrogens with zero attached hydrogens (tertiary/aromatic N) is 2. The summed E-state index contributed by atoms with van der Waals surface area (Å²) in [5.74, 6) is 0. The number of piperazine rings is 1. The van der Waals surface area contributed by atoms with E-state index in [9.17, 15) is 4.79 Å². The summed E-state index contributed by atoms with van der Waals surface area (Å²) in [5.41, 5.74) is 2.76. The first kappa shape index (κ1) is 22.4. The Morgan fingerprint density at radius 1 is 1.29 bits per heavy atom. The van der Waals surface area contributed by atoms with Gasteiger partial charge in [0.05, 0.1) is 5.54 Å². The van der Waals surface area contributed by atoms with Crippen LogP contribution in [-0.2, 0) is 10.3 Å². The van der Waals surface area contributed by atoms with Crippen LogP contribution in [0.4, 0.5) is 4.79 Å². The third-order valence-corrected chi connectivity index (χ3v) is 5.65. The highest BCUT2D eigenvalue weighted by Gasteiger charge is 2.33. The molecule has 1 aliphatic heterocycles. The lowest BCUT2D eigenvalue weighted by atomic mass is 9.91. The smallest absolute Gasteiger partial charge is 0.318 e. The molecule has 28 heavy (non-hydrogen) atoms. The van der Waals surface area contributed by atoms with E-state index in [-0.39, 0.29) is 6.03 Å². The predicted octanol–water partition coefficient (Wildman–Crippen LogP) is 4.10. The van der Waals surface area contributed by atoms with E-state index in [1.54, 1.807) is 7.11 Å². The van der Waals surface area contributed by atoms with Crippen LogP contribution in [0.3, 0.4) is 0 Å². The van der Waals surface area contributed by atoms with Crippen molar-refractivity contribution >= 4 is 11.6 Å². The molecule has 2 amide bonds. The van der Waals surface area contributed by atoms with Crippen LogP contribution < -0.4 is 5.32 Å². The fraction of sp³-hybridized carbons (Fsp3) is 0.609. The zero-order chi connectivity index (χ0) is 20.9. The minimum atomic E-state index is -0.454. The molecule has 1 fully saturated rings. The van der Waals surface area contributed by atoms with Crippen molar-refractivity contribution in [2.45, 2.75) is 58.7 Å². The van der Waals surface area contributed by atoms with Crippen LogP contribution in [0.5, 0.6) is 0 Å². The number of rotatable bonds is 7. The van der Waals surface area contributed by atoms with Gasteiger partial charge in [-0.3, -0.25) is 4.90 Å². The second kappa shape index (κ2) is 9.57. The van der Waals surface area contributed by atoms with Gasteiger partial charge >= 0.3 is 6.03 Å². The summed E-state index contributed by atoms with van der Waals surface area (Å²) in [6.07, 6.45) is 1.02. The van der Waals surface area contributed by atoms with Crippen LogP contribution in [0.25, 0.3) is 5.57 Å². The van der Waals surface area contributed by atoms with Crippen LogP contribution in [0.2, 0.25) is 0 Å². The normalized spacial score (nSPS) is 20.9. The van der Waals surface area contributed by atoms with E-state index in [4.69, 9.17) is 4.74 Å². The number of carbonyl (C=O) groups is 1. The standard InChI is InChI=1S/C23H37N3O2/c1-17(2)20-10-8-11-21(14-20)23(5,6)24-22(27)25-15-18(3)26(19(4)16-25)12-9-13-28-7/h8,10-11,14,18-19H,1,9,12-13,15-16H2,2-7H3,(H,24,27). The van der Waals surface area contributed by atoms with E-state index in [0.717, 1.165) is 49.4 Å². The first-order valence-electron chi connectivity index (χ1n) is 10.2. The second-order valence-corrected chi connectivity index (χ2v) is 8.60. The monoisotopic (exact) mass is 387 g/mol. The SMILES string of the molecule is C=C(C)c1cccc(C(C)(C)NC(=O)N2CC(C)N(CCCOC)C(C)C2)c1. The number of allylic oxidation sites excluding steroid dienone is 1. The van der Waals surface area contributed by atoms with Gasteiger partial charge < -0.3 is 15.0 Å². The molecule has 2 unspecified atom stereocenters. The van der Waals surface area contributed by atoms with Crippen molar-refractivity contribution in [3.63, 3.8) is 0 Å². The Balaban J connectivity index is 2.02. The first-order chi connectivity index (χ1) is 13.2. The van der Waals surface area contributed by atoms with Crippen LogP contribution in [0.1, 0.15) is 52.2 Å². The first-order valence-corrected chi connectivity index (χ1v) is 10.2. The Morgan fingerprint density at radius 3 is 2.50 bits per heavy atom. The highest BCUT2D eigenvalue weighted by molar-refractivity contribution is 5.75. The third-order valence-electron chi connectivity index (χ3n) is 5.65. The molecular formula is C23H37N3O2. The molecule has 0 saturated carbocycles. The van der Waals surface area contributed by atoms with Gasteiger partial charge in [-0.1, -0.05) is 30.4 Å². The molecule has 0 aliphatic carbocycles. The maximum Gasteiger partial charge on any atom is 0.318 e. The van der Waals surface area contributed by atoms with E-state index >= 15 is 0 Å². The van der Waals surface area contributed by atoms with E-state index in [2.05, 4.69) is 62.7 Å². The number of methoxy groups -OCH3 is 1. The maximum absolute atomic E-state index is 13.0. The Morgan fingerprint density at radius 2 is 1.93 bits per heavy atom. The lowest BCUT2D eigenvalue weighted by Crippen LogP contribution is -2.61. The van der Waals surface area contributed by atoms with Gasteiger partial charge in [0.15, 0.2) is 0 Å².